The second-order valence-electron chi connectivity index (χ2n) is 15.6. The molecule has 5 heteroatoms. The van der Waals surface area contributed by atoms with Gasteiger partial charge in [-0.2, -0.15) is 0 Å². The van der Waals surface area contributed by atoms with Crippen LogP contribution in [0.4, 0.5) is 0 Å². The summed E-state index contributed by atoms with van der Waals surface area (Å²) >= 11 is 0. The van der Waals surface area contributed by atoms with Gasteiger partial charge in [0.15, 0.2) is 6.10 Å². The molecular formula is C53H90O5. The fourth-order valence-electron chi connectivity index (χ4n) is 6.36. The summed E-state index contributed by atoms with van der Waals surface area (Å²) in [6.45, 7) is 7.52. The van der Waals surface area contributed by atoms with Crippen molar-refractivity contribution in [1.82, 2.24) is 0 Å². The smallest absolute Gasteiger partial charge is 0.306 e. The molecular weight excluding hydrogens is 717 g/mol. The SMILES string of the molecule is CC/C=C\C/C=C\C/C=C\CCCCCCCC(=O)OCC(COCCCCCCCC/C=C\CCCCCC)OC(=O)CCCCC/C=C\C/C=C\C/C=C\CC. The molecule has 1 unspecified atom stereocenters. The van der Waals surface area contributed by atoms with Crippen LogP contribution in [0.15, 0.2) is 85.1 Å². The van der Waals surface area contributed by atoms with Gasteiger partial charge in [-0.25, -0.2) is 0 Å². The van der Waals surface area contributed by atoms with Gasteiger partial charge in [0.2, 0.25) is 0 Å². The first-order valence-electron chi connectivity index (χ1n) is 24.1. The first-order valence-corrected chi connectivity index (χ1v) is 24.1. The van der Waals surface area contributed by atoms with Gasteiger partial charge in [-0.05, 0) is 109 Å². The van der Waals surface area contributed by atoms with Crippen molar-refractivity contribution < 1.29 is 23.8 Å². The average molecular weight is 807 g/mol. The van der Waals surface area contributed by atoms with Crippen LogP contribution in [0.1, 0.15) is 213 Å². The van der Waals surface area contributed by atoms with Gasteiger partial charge in [-0.3, -0.25) is 9.59 Å². The molecule has 0 rings (SSSR count). The Balaban J connectivity index is 4.35. The van der Waals surface area contributed by atoms with Gasteiger partial charge in [-0.1, -0.05) is 176 Å². The molecule has 0 bridgehead atoms. The summed E-state index contributed by atoms with van der Waals surface area (Å²) in [6, 6.07) is 0. The van der Waals surface area contributed by atoms with E-state index in [0.717, 1.165) is 103 Å². The second-order valence-corrected chi connectivity index (χ2v) is 15.6. The number of esters is 2. The van der Waals surface area contributed by atoms with Crippen LogP contribution >= 0.6 is 0 Å². The molecule has 0 spiro atoms. The summed E-state index contributed by atoms with van der Waals surface area (Å²) in [6.07, 6.45) is 63.0. The van der Waals surface area contributed by atoms with Crippen LogP contribution in [0.25, 0.3) is 0 Å². The zero-order valence-electron chi connectivity index (χ0n) is 38.0. The van der Waals surface area contributed by atoms with E-state index >= 15 is 0 Å². The fraction of sp³-hybridized carbons (Fsp3) is 0.698. The molecule has 0 saturated heterocycles. The Morgan fingerprint density at radius 2 is 0.776 bits per heavy atom. The van der Waals surface area contributed by atoms with Crippen LogP contribution in [0.5, 0.6) is 0 Å². The highest BCUT2D eigenvalue weighted by molar-refractivity contribution is 5.70. The van der Waals surface area contributed by atoms with Gasteiger partial charge in [0, 0.05) is 19.4 Å². The summed E-state index contributed by atoms with van der Waals surface area (Å²) in [5, 5.41) is 0. The third-order valence-electron chi connectivity index (χ3n) is 9.90. The minimum atomic E-state index is -0.564. The molecule has 58 heavy (non-hydrogen) atoms. The average Bonchev–Trinajstić information content (AvgIpc) is 3.22. The Morgan fingerprint density at radius 1 is 0.397 bits per heavy atom. The van der Waals surface area contributed by atoms with E-state index < -0.39 is 6.10 Å². The van der Waals surface area contributed by atoms with E-state index in [1.807, 2.05) is 0 Å². The quantitative estimate of drug-likeness (QED) is 0.0349. The fourth-order valence-corrected chi connectivity index (χ4v) is 6.36. The molecule has 0 heterocycles. The Hall–Kier alpha value is -2.92. The van der Waals surface area contributed by atoms with E-state index in [2.05, 4.69) is 106 Å². The molecule has 0 aromatic rings. The monoisotopic (exact) mass is 807 g/mol. The Morgan fingerprint density at radius 3 is 1.28 bits per heavy atom. The highest BCUT2D eigenvalue weighted by Crippen LogP contribution is 2.12. The molecule has 1 atom stereocenters. The molecule has 0 aromatic heterocycles. The van der Waals surface area contributed by atoms with Gasteiger partial charge in [-0.15, -0.1) is 0 Å². The standard InChI is InChI=1S/C53H90O5/c1-4-7-10-13-16-19-22-25-27-29-31-34-37-40-43-46-52(54)57-50-51(49-56-48-45-42-39-36-33-30-26-23-20-17-14-11-8-5-2)58-53(55)47-44-41-38-35-32-28-24-21-18-15-12-9-6-3/h7,9-10,12,16,18-21,23,25,27-28,32,51H,4-6,8,11,13-15,17,22,24,26,29-31,33-50H2,1-3H3/b10-7-,12-9-,19-16-,21-18-,23-20-,27-25-,32-28-. The molecule has 332 valence electrons. The second kappa shape index (κ2) is 48.4. The first-order chi connectivity index (χ1) is 28.6. The lowest BCUT2D eigenvalue weighted by molar-refractivity contribution is -0.163. The van der Waals surface area contributed by atoms with Crippen molar-refractivity contribution in [3.63, 3.8) is 0 Å². The molecule has 0 aliphatic heterocycles. The lowest BCUT2D eigenvalue weighted by Gasteiger charge is -2.18. The van der Waals surface area contributed by atoms with Crippen molar-refractivity contribution in [1.29, 1.82) is 0 Å². The maximum atomic E-state index is 12.7. The molecule has 5 nitrogen and oxygen atoms in total. The minimum absolute atomic E-state index is 0.0584. The summed E-state index contributed by atoms with van der Waals surface area (Å²) in [7, 11) is 0. The van der Waals surface area contributed by atoms with Crippen LogP contribution in [0.2, 0.25) is 0 Å². The first kappa shape index (κ1) is 55.1. The lowest BCUT2D eigenvalue weighted by atomic mass is 10.1. The number of unbranched alkanes of at least 4 members (excludes halogenated alkanes) is 18. The van der Waals surface area contributed by atoms with Crippen LogP contribution in [0, 0.1) is 0 Å². The molecule has 0 aromatic carbocycles. The predicted octanol–water partition coefficient (Wildman–Crippen LogP) is 16.1. The highest BCUT2D eigenvalue weighted by atomic mass is 16.6. The van der Waals surface area contributed by atoms with Crippen molar-refractivity contribution in [3.05, 3.63) is 85.1 Å². The van der Waals surface area contributed by atoms with Crippen LogP contribution in [0.3, 0.4) is 0 Å². The van der Waals surface area contributed by atoms with Gasteiger partial charge in [0.25, 0.3) is 0 Å². The zero-order chi connectivity index (χ0) is 42.1. The van der Waals surface area contributed by atoms with Crippen LogP contribution in [-0.4, -0.2) is 37.9 Å². The van der Waals surface area contributed by atoms with E-state index in [1.54, 1.807) is 0 Å². The maximum absolute atomic E-state index is 12.7. The number of rotatable bonds is 43. The van der Waals surface area contributed by atoms with Gasteiger partial charge in [0.05, 0.1) is 6.61 Å². The van der Waals surface area contributed by atoms with Crippen molar-refractivity contribution >= 4 is 11.9 Å². The Labute approximate surface area is 359 Å². The van der Waals surface area contributed by atoms with Crippen molar-refractivity contribution in [2.75, 3.05) is 19.8 Å². The van der Waals surface area contributed by atoms with E-state index in [4.69, 9.17) is 14.2 Å². The topological polar surface area (TPSA) is 61.8 Å². The van der Waals surface area contributed by atoms with Crippen LogP contribution < -0.4 is 0 Å². The van der Waals surface area contributed by atoms with Crippen molar-refractivity contribution in [2.45, 2.75) is 219 Å². The molecule has 0 N–H and O–H groups in total. The number of carbonyl (C=O) groups excluding carboxylic acids is 2. The normalized spacial score (nSPS) is 12.9. The molecule has 0 amide bonds. The third kappa shape index (κ3) is 45.8. The molecule has 0 aliphatic carbocycles. The van der Waals surface area contributed by atoms with E-state index in [9.17, 15) is 9.59 Å². The van der Waals surface area contributed by atoms with Crippen LogP contribution in [-0.2, 0) is 23.8 Å². The number of ether oxygens (including phenoxy) is 3. The summed E-state index contributed by atoms with van der Waals surface area (Å²) in [5.41, 5.74) is 0. The predicted molar refractivity (Wildman–Crippen MR) is 251 cm³/mol. The summed E-state index contributed by atoms with van der Waals surface area (Å²) in [4.78, 5) is 25.3. The van der Waals surface area contributed by atoms with E-state index in [1.165, 1.54) is 77.0 Å². The Kier molecular flexibility index (Phi) is 46.0. The third-order valence-corrected chi connectivity index (χ3v) is 9.90. The molecule has 0 aliphatic rings. The number of hydrogen-bond acceptors (Lipinski definition) is 5. The van der Waals surface area contributed by atoms with E-state index in [-0.39, 0.29) is 25.2 Å². The number of allylic oxidation sites excluding steroid dienone is 14. The number of hydrogen-bond donors (Lipinski definition) is 0. The lowest BCUT2D eigenvalue weighted by Crippen LogP contribution is -2.30. The largest absolute Gasteiger partial charge is 0.462 e. The molecule has 0 fully saturated rings. The van der Waals surface area contributed by atoms with Gasteiger partial charge >= 0.3 is 11.9 Å². The minimum Gasteiger partial charge on any atom is -0.462 e. The van der Waals surface area contributed by atoms with Crippen molar-refractivity contribution in [2.24, 2.45) is 0 Å². The highest BCUT2D eigenvalue weighted by Gasteiger charge is 2.17. The van der Waals surface area contributed by atoms with Crippen molar-refractivity contribution in [3.8, 4) is 0 Å². The molecule has 0 saturated carbocycles. The Bertz CT molecular complexity index is 1090. The maximum Gasteiger partial charge on any atom is 0.306 e. The summed E-state index contributed by atoms with van der Waals surface area (Å²) < 4.78 is 17.3. The van der Waals surface area contributed by atoms with E-state index in [0.29, 0.717) is 19.4 Å². The van der Waals surface area contributed by atoms with Gasteiger partial charge in [0.1, 0.15) is 6.61 Å². The van der Waals surface area contributed by atoms with Gasteiger partial charge < -0.3 is 14.2 Å². The zero-order valence-corrected chi connectivity index (χ0v) is 38.0. The number of carbonyl (C=O) groups is 2. The summed E-state index contributed by atoms with van der Waals surface area (Å²) in [5.74, 6) is -0.457. The molecule has 0 radical (unpaired) electrons.